The molecule has 2 aromatic heterocycles. The molecule has 0 aliphatic heterocycles. The molecule has 20 heavy (non-hydrogen) atoms. The summed E-state index contributed by atoms with van der Waals surface area (Å²) in [6.07, 6.45) is 0.943. The van der Waals surface area contributed by atoms with Gasteiger partial charge in [-0.05, 0) is 20.3 Å². The van der Waals surface area contributed by atoms with Gasteiger partial charge in [-0.2, -0.15) is 0 Å². The lowest BCUT2D eigenvalue weighted by atomic mass is 10.4. The first-order valence-electron chi connectivity index (χ1n) is 6.35. The zero-order chi connectivity index (χ0) is 14.5. The van der Waals surface area contributed by atoms with Crippen molar-refractivity contribution >= 4 is 40.3 Å². The molecule has 1 N–H and O–H groups in total. The molecular formula is C13H17N3OS3. The summed E-state index contributed by atoms with van der Waals surface area (Å²) in [6, 6.07) is 0. The van der Waals surface area contributed by atoms with Crippen molar-refractivity contribution in [3.63, 3.8) is 0 Å². The van der Waals surface area contributed by atoms with Gasteiger partial charge in [0.2, 0.25) is 5.91 Å². The Morgan fingerprint density at radius 1 is 1.40 bits per heavy atom. The Morgan fingerprint density at radius 3 is 2.80 bits per heavy atom. The van der Waals surface area contributed by atoms with E-state index >= 15 is 0 Å². The van der Waals surface area contributed by atoms with Crippen LogP contribution in [0, 0.1) is 13.8 Å². The number of carbonyl (C=O) groups excluding carboxylic acids is 1. The average molecular weight is 328 g/mol. The molecule has 0 bridgehead atoms. The maximum Gasteiger partial charge on any atom is 0.230 e. The summed E-state index contributed by atoms with van der Waals surface area (Å²) in [5, 5.41) is 6.06. The van der Waals surface area contributed by atoms with Gasteiger partial charge in [0.1, 0.15) is 0 Å². The van der Waals surface area contributed by atoms with Crippen molar-refractivity contribution in [1.82, 2.24) is 15.3 Å². The van der Waals surface area contributed by atoms with E-state index in [9.17, 15) is 4.79 Å². The van der Waals surface area contributed by atoms with E-state index in [-0.39, 0.29) is 5.91 Å². The molecule has 2 heterocycles. The van der Waals surface area contributed by atoms with Crippen molar-refractivity contribution in [2.45, 2.75) is 38.1 Å². The number of hydrogen-bond acceptors (Lipinski definition) is 6. The van der Waals surface area contributed by atoms with Crippen LogP contribution in [-0.2, 0) is 17.8 Å². The predicted octanol–water partition coefficient (Wildman–Crippen LogP) is 3.19. The van der Waals surface area contributed by atoms with Crippen molar-refractivity contribution in [2.75, 3.05) is 5.75 Å². The molecule has 0 saturated heterocycles. The molecule has 108 valence electrons. The van der Waals surface area contributed by atoms with Crippen LogP contribution in [0.15, 0.2) is 9.72 Å². The maximum absolute atomic E-state index is 11.8. The smallest absolute Gasteiger partial charge is 0.230 e. The first-order chi connectivity index (χ1) is 9.58. The van der Waals surface area contributed by atoms with Crippen molar-refractivity contribution in [2.24, 2.45) is 0 Å². The van der Waals surface area contributed by atoms with Crippen LogP contribution in [0.3, 0.4) is 0 Å². The van der Waals surface area contributed by atoms with Gasteiger partial charge >= 0.3 is 0 Å². The third-order valence-corrected chi connectivity index (χ3v) is 6.05. The van der Waals surface area contributed by atoms with Crippen molar-refractivity contribution in [3.05, 3.63) is 26.7 Å². The van der Waals surface area contributed by atoms with E-state index in [2.05, 4.69) is 22.2 Å². The van der Waals surface area contributed by atoms with Gasteiger partial charge < -0.3 is 5.32 Å². The Labute approximate surface area is 131 Å². The van der Waals surface area contributed by atoms with Gasteiger partial charge in [-0.1, -0.05) is 18.7 Å². The van der Waals surface area contributed by atoms with E-state index < -0.39 is 0 Å². The van der Waals surface area contributed by atoms with Crippen LogP contribution in [0.1, 0.15) is 28.2 Å². The first kappa shape index (κ1) is 15.5. The number of hydrogen-bond donors (Lipinski definition) is 1. The van der Waals surface area contributed by atoms with E-state index in [4.69, 9.17) is 0 Å². The molecule has 0 atom stereocenters. The molecule has 7 heteroatoms. The fourth-order valence-corrected chi connectivity index (χ4v) is 4.19. The molecule has 0 radical (unpaired) electrons. The fraction of sp³-hybridized carbons (Fsp3) is 0.462. The van der Waals surface area contributed by atoms with Crippen molar-refractivity contribution in [3.8, 4) is 0 Å². The molecule has 0 aliphatic carbocycles. The Bertz CT molecular complexity index is 591. The van der Waals surface area contributed by atoms with E-state index in [1.54, 1.807) is 22.7 Å². The Morgan fingerprint density at radius 2 is 2.20 bits per heavy atom. The Kier molecular flexibility index (Phi) is 5.56. The summed E-state index contributed by atoms with van der Waals surface area (Å²) in [5.74, 6) is 0.444. The number of thioether (sulfide) groups is 1. The van der Waals surface area contributed by atoms with E-state index in [0.29, 0.717) is 12.3 Å². The molecule has 1 amide bonds. The van der Waals surface area contributed by atoms with Gasteiger partial charge in [0.05, 0.1) is 23.0 Å². The quantitative estimate of drug-likeness (QED) is 0.828. The second-order valence-corrected chi connectivity index (χ2v) is 7.54. The number of aryl methyl sites for hydroxylation is 3. The van der Waals surface area contributed by atoms with Crippen molar-refractivity contribution in [1.29, 1.82) is 0 Å². The second kappa shape index (κ2) is 7.19. The van der Waals surface area contributed by atoms with Crippen LogP contribution in [0.5, 0.6) is 0 Å². The summed E-state index contributed by atoms with van der Waals surface area (Å²) in [7, 11) is 0. The highest BCUT2D eigenvalue weighted by Crippen LogP contribution is 2.22. The third-order valence-electron chi connectivity index (χ3n) is 2.61. The van der Waals surface area contributed by atoms with Gasteiger partial charge in [0.25, 0.3) is 0 Å². The van der Waals surface area contributed by atoms with Crippen LogP contribution in [0.2, 0.25) is 0 Å². The monoisotopic (exact) mass is 327 g/mol. The summed E-state index contributed by atoms with van der Waals surface area (Å²) in [6.45, 7) is 6.61. The lowest BCUT2D eigenvalue weighted by Gasteiger charge is -2.02. The summed E-state index contributed by atoms with van der Waals surface area (Å²) < 4.78 is 0.944. The number of thiazole rings is 2. The maximum atomic E-state index is 11.8. The Balaban J connectivity index is 1.78. The second-order valence-electron chi connectivity index (χ2n) is 4.29. The third kappa shape index (κ3) is 4.29. The summed E-state index contributed by atoms with van der Waals surface area (Å²) in [5.41, 5.74) is 2.03. The molecule has 0 aliphatic rings. The van der Waals surface area contributed by atoms with E-state index in [0.717, 1.165) is 32.0 Å². The highest BCUT2D eigenvalue weighted by Gasteiger charge is 2.09. The van der Waals surface area contributed by atoms with Crippen LogP contribution >= 0.6 is 34.4 Å². The van der Waals surface area contributed by atoms with Gasteiger partial charge in [-0.25, -0.2) is 9.97 Å². The number of nitrogens with one attached hydrogen (secondary N) is 1. The van der Waals surface area contributed by atoms with E-state index in [1.807, 2.05) is 19.2 Å². The predicted molar refractivity (Wildman–Crippen MR) is 85.7 cm³/mol. The lowest BCUT2D eigenvalue weighted by molar-refractivity contribution is -0.118. The van der Waals surface area contributed by atoms with Gasteiger partial charge in [0.15, 0.2) is 4.34 Å². The van der Waals surface area contributed by atoms with E-state index in [1.165, 1.54) is 11.8 Å². The minimum Gasteiger partial charge on any atom is -0.350 e. The molecule has 0 fully saturated rings. The van der Waals surface area contributed by atoms with Gasteiger partial charge in [-0.15, -0.1) is 22.7 Å². The molecule has 2 aromatic rings. The Hall–Kier alpha value is -0.920. The minimum absolute atomic E-state index is 0.0358. The number of nitrogens with zero attached hydrogens (tertiary/aromatic N) is 2. The number of rotatable bonds is 6. The standard InChI is InChI=1S/C13H17N3OS3/c1-4-12-16-9(3)10(20-12)5-14-11(17)7-19-13-15-8(2)6-18-13/h6H,4-5,7H2,1-3H3,(H,14,17). The minimum atomic E-state index is 0.0358. The topological polar surface area (TPSA) is 54.9 Å². The normalized spacial score (nSPS) is 10.8. The molecule has 0 saturated carbocycles. The number of amides is 1. The number of carbonyl (C=O) groups is 1. The van der Waals surface area contributed by atoms with Crippen LogP contribution in [-0.4, -0.2) is 21.6 Å². The molecule has 4 nitrogen and oxygen atoms in total. The average Bonchev–Trinajstić information content (AvgIpc) is 3.00. The molecular weight excluding hydrogens is 310 g/mol. The number of aromatic nitrogens is 2. The first-order valence-corrected chi connectivity index (χ1v) is 9.03. The largest absolute Gasteiger partial charge is 0.350 e. The zero-order valence-corrected chi connectivity index (χ0v) is 14.2. The molecule has 0 spiro atoms. The van der Waals surface area contributed by atoms with Crippen molar-refractivity contribution < 1.29 is 4.79 Å². The molecule has 0 aromatic carbocycles. The lowest BCUT2D eigenvalue weighted by Crippen LogP contribution is -2.24. The van der Waals surface area contributed by atoms with Crippen LogP contribution < -0.4 is 5.32 Å². The SMILES string of the molecule is CCc1nc(C)c(CNC(=O)CSc2nc(C)cs2)s1. The van der Waals surface area contributed by atoms with Crippen LogP contribution in [0.4, 0.5) is 0 Å². The zero-order valence-electron chi connectivity index (χ0n) is 11.7. The fourth-order valence-electron chi connectivity index (χ4n) is 1.56. The van der Waals surface area contributed by atoms with Crippen LogP contribution in [0.25, 0.3) is 0 Å². The highest BCUT2D eigenvalue weighted by molar-refractivity contribution is 8.01. The van der Waals surface area contributed by atoms with Gasteiger partial charge in [0, 0.05) is 16.0 Å². The molecule has 2 rings (SSSR count). The summed E-state index contributed by atoms with van der Waals surface area (Å²) >= 11 is 4.74. The molecule has 0 unspecified atom stereocenters. The highest BCUT2D eigenvalue weighted by atomic mass is 32.2. The van der Waals surface area contributed by atoms with Gasteiger partial charge in [-0.3, -0.25) is 4.79 Å². The summed E-state index contributed by atoms with van der Waals surface area (Å²) in [4.78, 5) is 21.7.